The molecule has 28 heavy (non-hydrogen) atoms. The molecule has 0 bridgehead atoms. The summed E-state index contributed by atoms with van der Waals surface area (Å²) in [6.07, 6.45) is -2.58. The quantitative estimate of drug-likeness (QED) is 0.470. The van der Waals surface area contributed by atoms with Gasteiger partial charge in [0.25, 0.3) is 0 Å². The first-order chi connectivity index (χ1) is 13.0. The van der Waals surface area contributed by atoms with Crippen LogP contribution < -0.4 is 0 Å². The molecule has 6 aliphatic rings. The number of hydrogen-bond donors (Lipinski definition) is 1. The fraction of sp³-hybridized carbons (Fsp3) is 0.850. The molecule has 0 radical (unpaired) electrons. The summed E-state index contributed by atoms with van der Waals surface area (Å²) < 4.78 is 23.3. The van der Waals surface area contributed by atoms with E-state index in [2.05, 4.69) is 20.8 Å². The number of aliphatic hydroxyl groups excluding tert-OH is 1. The molecule has 4 saturated heterocycles. The molecule has 2 spiro atoms. The first kappa shape index (κ1) is 17.2. The van der Waals surface area contributed by atoms with E-state index < -0.39 is 64.8 Å². The molecule has 0 aromatic carbocycles. The first-order valence-corrected chi connectivity index (χ1v) is 10.0. The van der Waals surface area contributed by atoms with E-state index in [1.165, 1.54) is 0 Å². The van der Waals surface area contributed by atoms with Crippen LogP contribution in [0.4, 0.5) is 0 Å². The van der Waals surface area contributed by atoms with Crippen LogP contribution in [-0.2, 0) is 33.3 Å². The molecule has 8 nitrogen and oxygen atoms in total. The fourth-order valence-corrected chi connectivity index (χ4v) is 8.09. The summed E-state index contributed by atoms with van der Waals surface area (Å²) in [4.78, 5) is 38.0. The molecular formula is C20H24O8. The van der Waals surface area contributed by atoms with Gasteiger partial charge in [-0.3, -0.25) is 4.79 Å². The van der Waals surface area contributed by atoms with Crippen LogP contribution in [-0.4, -0.2) is 53.2 Å². The van der Waals surface area contributed by atoms with Crippen LogP contribution in [0.3, 0.4) is 0 Å². The van der Waals surface area contributed by atoms with E-state index in [4.69, 9.17) is 18.9 Å². The molecule has 0 aromatic rings. The van der Waals surface area contributed by atoms with Gasteiger partial charge in [-0.25, -0.2) is 9.59 Å². The van der Waals surface area contributed by atoms with Gasteiger partial charge in [-0.1, -0.05) is 27.7 Å². The van der Waals surface area contributed by atoms with Crippen molar-refractivity contribution in [1.29, 1.82) is 0 Å². The van der Waals surface area contributed by atoms with Crippen molar-refractivity contribution in [1.82, 2.24) is 0 Å². The number of rotatable bonds is 0. The van der Waals surface area contributed by atoms with Gasteiger partial charge in [0.15, 0.2) is 11.7 Å². The van der Waals surface area contributed by atoms with E-state index in [0.717, 1.165) is 0 Å². The Morgan fingerprint density at radius 3 is 2.46 bits per heavy atom. The topological polar surface area (TPSA) is 108 Å². The maximum absolute atomic E-state index is 13.3. The minimum atomic E-state index is -1.43. The van der Waals surface area contributed by atoms with Crippen LogP contribution in [0, 0.1) is 34.0 Å². The van der Waals surface area contributed by atoms with E-state index >= 15 is 0 Å². The Kier molecular flexibility index (Phi) is 2.71. The Morgan fingerprint density at radius 2 is 1.79 bits per heavy atom. The smallest absolute Gasteiger partial charge is 0.340 e. The van der Waals surface area contributed by atoms with Crippen LogP contribution >= 0.6 is 0 Å². The summed E-state index contributed by atoms with van der Waals surface area (Å²) in [5, 5.41) is 11.2. The highest BCUT2D eigenvalue weighted by atomic mass is 16.7. The lowest BCUT2D eigenvalue weighted by atomic mass is 9.52. The highest BCUT2D eigenvalue weighted by molar-refractivity contribution is 5.91. The predicted molar refractivity (Wildman–Crippen MR) is 89.2 cm³/mol. The lowest BCUT2D eigenvalue weighted by Gasteiger charge is -2.46. The summed E-state index contributed by atoms with van der Waals surface area (Å²) in [7, 11) is 0. The van der Waals surface area contributed by atoms with Crippen LogP contribution in [0.5, 0.6) is 0 Å². The number of esters is 3. The zero-order valence-electron chi connectivity index (χ0n) is 16.3. The van der Waals surface area contributed by atoms with Gasteiger partial charge in [0.05, 0.1) is 16.7 Å². The third-order valence-corrected chi connectivity index (χ3v) is 8.76. The second-order valence-electron chi connectivity index (χ2n) is 10.5. The van der Waals surface area contributed by atoms with E-state index in [-0.39, 0.29) is 17.3 Å². The van der Waals surface area contributed by atoms with E-state index in [0.29, 0.717) is 12.8 Å². The molecule has 4 heterocycles. The third kappa shape index (κ3) is 1.32. The molecule has 0 aromatic heterocycles. The molecule has 6 rings (SSSR count). The van der Waals surface area contributed by atoms with Gasteiger partial charge in [-0.2, -0.15) is 0 Å². The number of fused-ring (bicyclic) bond motifs is 1. The Bertz CT molecular complexity index is 846. The highest BCUT2D eigenvalue weighted by Gasteiger charge is 2.97. The van der Waals surface area contributed by atoms with Crippen LogP contribution in [0.25, 0.3) is 0 Å². The van der Waals surface area contributed by atoms with Crippen LogP contribution in [0.15, 0.2) is 0 Å². The second kappa shape index (κ2) is 4.41. The van der Waals surface area contributed by atoms with Crippen molar-refractivity contribution in [2.75, 3.05) is 0 Å². The maximum atomic E-state index is 13.3. The molecule has 10 atom stereocenters. The van der Waals surface area contributed by atoms with Gasteiger partial charge in [0.1, 0.15) is 12.2 Å². The first-order valence-electron chi connectivity index (χ1n) is 10.0. The largest absolute Gasteiger partial charge is 0.462 e. The predicted octanol–water partition coefficient (Wildman–Crippen LogP) is 0.545. The molecule has 152 valence electrons. The molecule has 1 N–H and O–H groups in total. The van der Waals surface area contributed by atoms with Gasteiger partial charge in [0, 0.05) is 5.92 Å². The van der Waals surface area contributed by atoms with Crippen molar-refractivity contribution < 1.29 is 38.4 Å². The Morgan fingerprint density at radius 1 is 1.07 bits per heavy atom. The number of aliphatic hydroxyl groups is 1. The van der Waals surface area contributed by atoms with Gasteiger partial charge >= 0.3 is 17.9 Å². The normalized spacial score (nSPS) is 58.2. The third-order valence-electron chi connectivity index (χ3n) is 8.76. The molecular weight excluding hydrogens is 368 g/mol. The van der Waals surface area contributed by atoms with E-state index in [9.17, 15) is 19.5 Å². The number of carbonyl (C=O) groups excluding carboxylic acids is 3. The summed E-state index contributed by atoms with van der Waals surface area (Å²) in [6.45, 7) is 7.90. The fourth-order valence-electron chi connectivity index (χ4n) is 8.09. The average molecular weight is 392 g/mol. The Hall–Kier alpha value is -1.67. The minimum absolute atomic E-state index is 0.170. The molecule has 2 saturated carbocycles. The molecule has 8 heteroatoms. The second-order valence-corrected chi connectivity index (χ2v) is 10.5. The van der Waals surface area contributed by atoms with Gasteiger partial charge in [-0.15, -0.1) is 0 Å². The van der Waals surface area contributed by atoms with E-state index in [1.54, 1.807) is 6.92 Å². The van der Waals surface area contributed by atoms with E-state index in [1.807, 2.05) is 0 Å². The summed E-state index contributed by atoms with van der Waals surface area (Å²) in [6, 6.07) is 0. The van der Waals surface area contributed by atoms with Crippen molar-refractivity contribution in [2.45, 2.75) is 70.7 Å². The summed E-state index contributed by atoms with van der Waals surface area (Å²) in [5.74, 6) is -2.80. The molecule has 5 unspecified atom stereocenters. The maximum Gasteiger partial charge on any atom is 0.340 e. The standard InChI is InChI=1S/C20H24O8/c1-7-11-8(25-13(7)22)6-18-10-5-9(17(2,3)4)19(18)12(21)14(23)27-16(19)28-20(11,18)15(24)26-10/h7-12,16,21H,5-6H2,1-4H3/t7-,8?,9?,10?,11+,12+,16+,18?,19?,20-/m1/s1. The summed E-state index contributed by atoms with van der Waals surface area (Å²) in [5.41, 5.74) is -3.77. The SMILES string of the molecule is C[C@H]1C(=O)OC2CC34C5CC(C(C)(C)C)C36[C@@H](OC(=O)[C@@H]6O)O[C@@]4(C(=O)O5)[C@H]21. The molecule has 0 amide bonds. The monoisotopic (exact) mass is 392 g/mol. The van der Waals surface area contributed by atoms with Crippen molar-refractivity contribution in [3.05, 3.63) is 0 Å². The van der Waals surface area contributed by atoms with Crippen molar-refractivity contribution in [2.24, 2.45) is 34.0 Å². The van der Waals surface area contributed by atoms with Crippen LogP contribution in [0.2, 0.25) is 0 Å². The van der Waals surface area contributed by atoms with Crippen molar-refractivity contribution in [3.8, 4) is 0 Å². The lowest BCUT2D eigenvalue weighted by molar-refractivity contribution is -0.206. The van der Waals surface area contributed by atoms with Gasteiger partial charge in [0.2, 0.25) is 6.29 Å². The highest BCUT2D eigenvalue weighted by Crippen LogP contribution is 2.83. The number of ether oxygens (including phenoxy) is 4. The lowest BCUT2D eigenvalue weighted by Crippen LogP contribution is -2.59. The Labute approximate surface area is 161 Å². The zero-order valence-corrected chi connectivity index (χ0v) is 16.3. The van der Waals surface area contributed by atoms with Gasteiger partial charge < -0.3 is 24.1 Å². The van der Waals surface area contributed by atoms with Crippen molar-refractivity contribution >= 4 is 17.9 Å². The Balaban J connectivity index is 1.65. The molecule has 2 aliphatic carbocycles. The van der Waals surface area contributed by atoms with Crippen LogP contribution in [0.1, 0.15) is 40.5 Å². The summed E-state index contributed by atoms with van der Waals surface area (Å²) >= 11 is 0. The molecule has 6 fully saturated rings. The zero-order chi connectivity index (χ0) is 20.0. The number of hydrogen-bond acceptors (Lipinski definition) is 8. The van der Waals surface area contributed by atoms with Crippen molar-refractivity contribution in [3.63, 3.8) is 0 Å². The minimum Gasteiger partial charge on any atom is -0.462 e. The number of carbonyl (C=O) groups is 3. The average Bonchev–Trinajstić information content (AvgIpc) is 3.30. The van der Waals surface area contributed by atoms with Gasteiger partial charge in [-0.05, 0) is 24.2 Å². The molecule has 4 aliphatic heterocycles.